The summed E-state index contributed by atoms with van der Waals surface area (Å²) in [5, 5.41) is 0. The highest BCUT2D eigenvalue weighted by Gasteiger charge is 2.33. The van der Waals surface area contributed by atoms with Gasteiger partial charge in [0, 0.05) is 0 Å². The minimum absolute atomic E-state index is 0.00177. The SMILES string of the molecule is COc1ccc(/C=C/C=C/C(=O)C(=O)OC(CC(C)(C)C)C(C)(C)C)cc1. The molecule has 0 bridgehead atoms. The molecule has 0 saturated carbocycles. The Hall–Kier alpha value is -2.36. The average molecular weight is 373 g/mol. The molecule has 0 fully saturated rings. The summed E-state index contributed by atoms with van der Waals surface area (Å²) in [6.07, 6.45) is 6.70. The molecular weight excluding hydrogens is 340 g/mol. The molecule has 0 spiro atoms. The van der Waals surface area contributed by atoms with Gasteiger partial charge >= 0.3 is 5.97 Å². The van der Waals surface area contributed by atoms with Crippen molar-refractivity contribution in [3.63, 3.8) is 0 Å². The fourth-order valence-electron chi connectivity index (χ4n) is 2.36. The zero-order valence-corrected chi connectivity index (χ0v) is 17.5. The molecule has 1 rings (SSSR count). The molecule has 27 heavy (non-hydrogen) atoms. The van der Waals surface area contributed by atoms with Gasteiger partial charge in [-0.15, -0.1) is 0 Å². The summed E-state index contributed by atoms with van der Waals surface area (Å²) in [5.41, 5.74) is 0.729. The maximum atomic E-state index is 12.2. The smallest absolute Gasteiger partial charge is 0.379 e. The lowest BCUT2D eigenvalue weighted by Crippen LogP contribution is -2.36. The zero-order valence-electron chi connectivity index (χ0n) is 17.5. The first-order valence-corrected chi connectivity index (χ1v) is 9.16. The van der Waals surface area contributed by atoms with Crippen LogP contribution >= 0.6 is 0 Å². The number of carbonyl (C=O) groups is 2. The van der Waals surface area contributed by atoms with Crippen LogP contribution in [-0.4, -0.2) is 25.0 Å². The molecule has 1 aromatic carbocycles. The first-order chi connectivity index (χ1) is 12.4. The predicted octanol–water partition coefficient (Wildman–Crippen LogP) is 5.23. The van der Waals surface area contributed by atoms with Crippen LogP contribution in [0, 0.1) is 10.8 Å². The molecule has 1 atom stereocenters. The summed E-state index contributed by atoms with van der Waals surface area (Å²) in [5.74, 6) is -0.685. The maximum Gasteiger partial charge on any atom is 0.379 e. The van der Waals surface area contributed by atoms with E-state index in [4.69, 9.17) is 9.47 Å². The third-order valence-corrected chi connectivity index (χ3v) is 3.98. The Balaban J connectivity index is 2.67. The maximum absolute atomic E-state index is 12.2. The minimum Gasteiger partial charge on any atom is -0.497 e. The molecule has 148 valence electrons. The van der Waals surface area contributed by atoms with Gasteiger partial charge in [-0.1, -0.05) is 71.9 Å². The van der Waals surface area contributed by atoms with Crippen molar-refractivity contribution in [2.75, 3.05) is 7.11 Å². The van der Waals surface area contributed by atoms with Gasteiger partial charge in [-0.3, -0.25) is 4.79 Å². The number of esters is 1. The molecule has 0 heterocycles. The van der Waals surface area contributed by atoms with Gasteiger partial charge in [0.25, 0.3) is 5.78 Å². The molecule has 0 saturated heterocycles. The number of allylic oxidation sites excluding steroid dienone is 2. The van der Waals surface area contributed by atoms with Crippen molar-refractivity contribution < 1.29 is 19.1 Å². The molecule has 0 radical (unpaired) electrons. The van der Waals surface area contributed by atoms with Crippen LogP contribution in [0.1, 0.15) is 53.5 Å². The van der Waals surface area contributed by atoms with Crippen molar-refractivity contribution >= 4 is 17.8 Å². The number of carbonyl (C=O) groups excluding carboxylic acids is 2. The molecular formula is C23H32O4. The summed E-state index contributed by atoms with van der Waals surface area (Å²) in [6.45, 7) is 12.3. The zero-order chi connectivity index (χ0) is 20.7. The van der Waals surface area contributed by atoms with E-state index >= 15 is 0 Å². The van der Waals surface area contributed by atoms with E-state index < -0.39 is 11.8 Å². The third kappa shape index (κ3) is 8.72. The van der Waals surface area contributed by atoms with Gasteiger partial charge in [0.15, 0.2) is 0 Å². The number of ether oxygens (including phenoxy) is 2. The van der Waals surface area contributed by atoms with Crippen molar-refractivity contribution in [1.29, 1.82) is 0 Å². The lowest BCUT2D eigenvalue weighted by Gasteiger charge is -2.34. The molecule has 4 heteroatoms. The van der Waals surface area contributed by atoms with Crippen LogP contribution < -0.4 is 4.74 Å². The van der Waals surface area contributed by atoms with Gasteiger partial charge in [0.2, 0.25) is 0 Å². The quantitative estimate of drug-likeness (QED) is 0.285. The fourth-order valence-corrected chi connectivity index (χ4v) is 2.36. The average Bonchev–Trinajstić information content (AvgIpc) is 2.56. The number of methoxy groups -OCH3 is 1. The Morgan fingerprint density at radius 1 is 1.00 bits per heavy atom. The van der Waals surface area contributed by atoms with Crippen molar-refractivity contribution in [3.05, 3.63) is 48.1 Å². The molecule has 0 aliphatic heterocycles. The van der Waals surface area contributed by atoms with E-state index in [0.717, 1.165) is 11.3 Å². The van der Waals surface area contributed by atoms with Gasteiger partial charge in [-0.25, -0.2) is 4.79 Å². The van der Waals surface area contributed by atoms with E-state index in [0.29, 0.717) is 6.42 Å². The van der Waals surface area contributed by atoms with E-state index in [1.807, 2.05) is 51.1 Å². The van der Waals surface area contributed by atoms with Crippen LogP contribution in [0.3, 0.4) is 0 Å². The second-order valence-electron chi connectivity index (χ2n) is 8.88. The number of benzene rings is 1. The van der Waals surface area contributed by atoms with Crippen LogP contribution in [0.4, 0.5) is 0 Å². The second-order valence-corrected chi connectivity index (χ2v) is 8.88. The van der Waals surface area contributed by atoms with E-state index in [2.05, 4.69) is 20.8 Å². The van der Waals surface area contributed by atoms with E-state index in [-0.39, 0.29) is 16.9 Å². The Labute approximate surface area is 163 Å². The number of hydrogen-bond acceptors (Lipinski definition) is 4. The Bertz CT molecular complexity index is 683. The largest absolute Gasteiger partial charge is 0.497 e. The van der Waals surface area contributed by atoms with Crippen molar-refractivity contribution in [1.82, 2.24) is 0 Å². The second kappa shape index (κ2) is 9.54. The highest BCUT2D eigenvalue weighted by molar-refractivity contribution is 6.38. The summed E-state index contributed by atoms with van der Waals surface area (Å²) in [7, 11) is 1.62. The van der Waals surface area contributed by atoms with Crippen molar-refractivity contribution in [2.45, 2.75) is 54.1 Å². The van der Waals surface area contributed by atoms with Gasteiger partial charge in [0.1, 0.15) is 11.9 Å². The van der Waals surface area contributed by atoms with Crippen molar-refractivity contribution in [3.8, 4) is 5.75 Å². The normalized spacial score (nSPS) is 13.7. The van der Waals surface area contributed by atoms with E-state index in [9.17, 15) is 9.59 Å². The standard InChI is InChI=1S/C23H32O4/c1-22(2,3)16-20(23(4,5)6)27-21(25)19(24)11-9-8-10-17-12-14-18(26-7)15-13-17/h8-15,20H,16H2,1-7H3/b10-8+,11-9+. The highest BCUT2D eigenvalue weighted by Crippen LogP contribution is 2.32. The van der Waals surface area contributed by atoms with Crippen LogP contribution in [-0.2, 0) is 14.3 Å². The summed E-state index contributed by atoms with van der Waals surface area (Å²) in [4.78, 5) is 24.2. The predicted molar refractivity (Wildman–Crippen MR) is 110 cm³/mol. The van der Waals surface area contributed by atoms with E-state index in [1.54, 1.807) is 19.3 Å². The first-order valence-electron chi connectivity index (χ1n) is 9.16. The lowest BCUT2D eigenvalue weighted by atomic mass is 9.78. The van der Waals surface area contributed by atoms with Gasteiger partial charge in [0.05, 0.1) is 7.11 Å². The van der Waals surface area contributed by atoms with Crippen LogP contribution in [0.15, 0.2) is 42.5 Å². The van der Waals surface area contributed by atoms with Crippen molar-refractivity contribution in [2.24, 2.45) is 10.8 Å². The number of hydrogen-bond donors (Lipinski definition) is 0. The Morgan fingerprint density at radius 3 is 2.07 bits per heavy atom. The number of rotatable bonds is 7. The summed E-state index contributed by atoms with van der Waals surface area (Å²) >= 11 is 0. The first kappa shape index (κ1) is 22.7. The lowest BCUT2D eigenvalue weighted by molar-refractivity contribution is -0.162. The third-order valence-electron chi connectivity index (χ3n) is 3.98. The molecule has 4 nitrogen and oxygen atoms in total. The van der Waals surface area contributed by atoms with E-state index in [1.165, 1.54) is 6.08 Å². The fraction of sp³-hybridized carbons (Fsp3) is 0.478. The Kier molecular flexibility index (Phi) is 8.01. The molecule has 0 aliphatic rings. The van der Waals surface area contributed by atoms with Crippen LogP contribution in [0.25, 0.3) is 6.08 Å². The monoisotopic (exact) mass is 372 g/mol. The molecule has 0 amide bonds. The van der Waals surface area contributed by atoms with Gasteiger partial charge < -0.3 is 9.47 Å². The topological polar surface area (TPSA) is 52.6 Å². The molecule has 0 aliphatic carbocycles. The highest BCUT2D eigenvalue weighted by atomic mass is 16.5. The summed E-state index contributed by atoms with van der Waals surface area (Å²) < 4.78 is 10.6. The minimum atomic E-state index is -0.812. The van der Waals surface area contributed by atoms with Gasteiger partial charge in [-0.05, 0) is 41.0 Å². The molecule has 0 N–H and O–H groups in total. The number of ketones is 1. The van der Waals surface area contributed by atoms with Gasteiger partial charge in [-0.2, -0.15) is 0 Å². The summed E-state index contributed by atoms with van der Waals surface area (Å²) in [6, 6.07) is 7.51. The Morgan fingerprint density at radius 2 is 1.59 bits per heavy atom. The molecule has 1 aromatic rings. The van der Waals surface area contributed by atoms with Crippen LogP contribution in [0.5, 0.6) is 5.75 Å². The molecule has 0 aromatic heterocycles. The molecule has 1 unspecified atom stereocenters. The van der Waals surface area contributed by atoms with Crippen LogP contribution in [0.2, 0.25) is 0 Å².